The van der Waals surface area contributed by atoms with Gasteiger partial charge < -0.3 is 11.1 Å². The summed E-state index contributed by atoms with van der Waals surface area (Å²) >= 11 is 0. The second-order valence-corrected chi connectivity index (χ2v) is 5.16. The Morgan fingerprint density at radius 1 is 1.32 bits per heavy atom. The quantitative estimate of drug-likeness (QED) is 0.735. The highest BCUT2D eigenvalue weighted by atomic mass is 19.4. The number of pyridine rings is 1. The molecule has 3 rings (SSSR count). The Morgan fingerprint density at radius 2 is 2.08 bits per heavy atom. The summed E-state index contributed by atoms with van der Waals surface area (Å²) in [5, 5.41) is 6.49. The number of amides is 1. The number of nitrogens with zero attached hydrogens (tertiary/aromatic N) is 5. The molecule has 3 aromatic rings. The van der Waals surface area contributed by atoms with E-state index in [0.717, 1.165) is 12.3 Å². The van der Waals surface area contributed by atoms with E-state index in [9.17, 15) is 18.0 Å². The molecular weight excluding hydrogens is 339 g/mol. The minimum absolute atomic E-state index is 0.0294. The van der Waals surface area contributed by atoms with Crippen molar-refractivity contribution in [2.24, 2.45) is 7.05 Å². The number of hydrogen-bond donors (Lipinski definition) is 2. The van der Waals surface area contributed by atoms with E-state index in [0.29, 0.717) is 11.0 Å². The van der Waals surface area contributed by atoms with E-state index in [1.165, 1.54) is 17.1 Å². The van der Waals surface area contributed by atoms with E-state index in [2.05, 4.69) is 25.4 Å². The minimum atomic E-state index is -4.55. The van der Waals surface area contributed by atoms with Crippen molar-refractivity contribution in [3.63, 3.8) is 0 Å². The highest BCUT2D eigenvalue weighted by Crippen LogP contribution is 2.27. The standard InChI is InChI=1S/C14H12F3N7O/c1-24-11-9(12(18)23-24)21-6-22-10(11)13(25)20-5-7-2-3-19-8(4-7)14(15,16)17/h2-4,6H,5H2,1H3,(H2,18,23)(H,20,25). The van der Waals surface area contributed by atoms with Crippen LogP contribution in [0.15, 0.2) is 24.7 Å². The van der Waals surface area contributed by atoms with Crippen LogP contribution in [0.3, 0.4) is 0 Å². The molecule has 3 heterocycles. The third-order valence-corrected chi connectivity index (χ3v) is 3.43. The van der Waals surface area contributed by atoms with E-state index < -0.39 is 17.8 Å². The molecule has 11 heteroatoms. The fraction of sp³-hybridized carbons (Fsp3) is 0.214. The maximum absolute atomic E-state index is 12.7. The summed E-state index contributed by atoms with van der Waals surface area (Å²) in [6.45, 7) is -0.122. The van der Waals surface area contributed by atoms with Crippen LogP contribution in [0, 0.1) is 0 Å². The Morgan fingerprint density at radius 3 is 2.80 bits per heavy atom. The first-order chi connectivity index (χ1) is 11.8. The highest BCUT2D eigenvalue weighted by Gasteiger charge is 2.32. The smallest absolute Gasteiger partial charge is 0.380 e. The summed E-state index contributed by atoms with van der Waals surface area (Å²) in [5.41, 5.74) is 5.62. The first kappa shape index (κ1) is 16.6. The molecular formula is C14H12F3N7O. The highest BCUT2D eigenvalue weighted by molar-refractivity contribution is 6.04. The number of fused-ring (bicyclic) bond motifs is 1. The van der Waals surface area contributed by atoms with Crippen molar-refractivity contribution in [2.45, 2.75) is 12.7 Å². The normalized spacial score (nSPS) is 11.7. The number of nitrogens with two attached hydrogens (primary N) is 1. The number of alkyl halides is 3. The fourth-order valence-electron chi connectivity index (χ4n) is 2.30. The molecule has 1 amide bonds. The largest absolute Gasteiger partial charge is 0.433 e. The predicted octanol–water partition coefficient (Wildman–Crippen LogP) is 1.29. The van der Waals surface area contributed by atoms with Gasteiger partial charge in [0.1, 0.15) is 23.1 Å². The van der Waals surface area contributed by atoms with Gasteiger partial charge in [0.2, 0.25) is 0 Å². The Kier molecular flexibility index (Phi) is 3.99. The van der Waals surface area contributed by atoms with Gasteiger partial charge in [-0.25, -0.2) is 9.97 Å². The summed E-state index contributed by atoms with van der Waals surface area (Å²) < 4.78 is 39.4. The van der Waals surface area contributed by atoms with Crippen LogP contribution in [0.5, 0.6) is 0 Å². The summed E-state index contributed by atoms with van der Waals surface area (Å²) in [6, 6.07) is 2.26. The Labute approximate surface area is 138 Å². The van der Waals surface area contributed by atoms with E-state index in [4.69, 9.17) is 5.73 Å². The average molecular weight is 351 g/mol. The molecule has 0 bridgehead atoms. The number of halogens is 3. The molecule has 0 unspecified atom stereocenters. The van der Waals surface area contributed by atoms with Crippen LogP contribution in [-0.2, 0) is 19.8 Å². The minimum Gasteiger partial charge on any atom is -0.380 e. The average Bonchev–Trinajstić information content (AvgIpc) is 2.87. The zero-order valence-electron chi connectivity index (χ0n) is 12.9. The number of hydrogen-bond acceptors (Lipinski definition) is 6. The van der Waals surface area contributed by atoms with E-state index in [1.807, 2.05) is 0 Å². The van der Waals surface area contributed by atoms with Gasteiger partial charge in [0.25, 0.3) is 5.91 Å². The number of carbonyl (C=O) groups is 1. The zero-order chi connectivity index (χ0) is 18.2. The molecule has 0 aliphatic heterocycles. The molecule has 0 saturated heterocycles. The van der Waals surface area contributed by atoms with Crippen LogP contribution in [0.1, 0.15) is 21.7 Å². The number of anilines is 1. The van der Waals surface area contributed by atoms with Gasteiger partial charge in [-0.3, -0.25) is 14.5 Å². The van der Waals surface area contributed by atoms with Gasteiger partial charge in [-0.2, -0.15) is 18.3 Å². The molecule has 0 spiro atoms. The number of nitrogens with one attached hydrogen (secondary N) is 1. The molecule has 0 aliphatic rings. The molecule has 3 N–H and O–H groups in total. The van der Waals surface area contributed by atoms with Crippen LogP contribution < -0.4 is 11.1 Å². The predicted molar refractivity (Wildman–Crippen MR) is 81.1 cm³/mol. The maximum atomic E-state index is 12.7. The second kappa shape index (κ2) is 6.00. The molecule has 8 nitrogen and oxygen atoms in total. The third-order valence-electron chi connectivity index (χ3n) is 3.43. The van der Waals surface area contributed by atoms with Crippen LogP contribution in [0.4, 0.5) is 19.0 Å². The lowest BCUT2D eigenvalue weighted by molar-refractivity contribution is -0.141. The maximum Gasteiger partial charge on any atom is 0.433 e. The number of carbonyl (C=O) groups excluding carboxylic acids is 1. The van der Waals surface area contributed by atoms with Crippen molar-refractivity contribution in [3.05, 3.63) is 41.6 Å². The lowest BCUT2D eigenvalue weighted by atomic mass is 10.2. The molecule has 3 aromatic heterocycles. The fourth-order valence-corrected chi connectivity index (χ4v) is 2.30. The van der Waals surface area contributed by atoms with Gasteiger partial charge in [0, 0.05) is 19.8 Å². The lowest BCUT2D eigenvalue weighted by Crippen LogP contribution is -2.25. The summed E-state index contributed by atoms with van der Waals surface area (Å²) in [7, 11) is 1.58. The number of rotatable bonds is 3. The van der Waals surface area contributed by atoms with Crippen molar-refractivity contribution in [1.29, 1.82) is 0 Å². The van der Waals surface area contributed by atoms with Gasteiger partial charge >= 0.3 is 6.18 Å². The number of aromatic nitrogens is 5. The molecule has 0 atom stereocenters. The molecule has 0 saturated carbocycles. The zero-order valence-corrected chi connectivity index (χ0v) is 12.9. The summed E-state index contributed by atoms with van der Waals surface area (Å²) in [4.78, 5) is 23.5. The Bertz CT molecular complexity index is 951. The number of aryl methyl sites for hydroxylation is 1. The molecule has 0 radical (unpaired) electrons. The van der Waals surface area contributed by atoms with Crippen LogP contribution in [0.25, 0.3) is 11.0 Å². The van der Waals surface area contributed by atoms with E-state index >= 15 is 0 Å². The topological polar surface area (TPSA) is 112 Å². The van der Waals surface area contributed by atoms with Crippen LogP contribution >= 0.6 is 0 Å². The first-order valence-corrected chi connectivity index (χ1v) is 7.01. The third kappa shape index (κ3) is 3.20. The van der Waals surface area contributed by atoms with Crippen LogP contribution in [-0.4, -0.2) is 30.6 Å². The summed E-state index contributed by atoms with van der Waals surface area (Å²) in [5.74, 6) is -0.432. The molecule has 0 aromatic carbocycles. The van der Waals surface area contributed by atoms with Gasteiger partial charge in [-0.15, -0.1) is 0 Å². The van der Waals surface area contributed by atoms with Gasteiger partial charge in [0.05, 0.1) is 0 Å². The first-order valence-electron chi connectivity index (χ1n) is 7.01. The lowest BCUT2D eigenvalue weighted by Gasteiger charge is -2.09. The van der Waals surface area contributed by atoms with Crippen molar-refractivity contribution < 1.29 is 18.0 Å². The van der Waals surface area contributed by atoms with Crippen molar-refractivity contribution in [3.8, 4) is 0 Å². The van der Waals surface area contributed by atoms with Gasteiger partial charge in [0.15, 0.2) is 11.5 Å². The van der Waals surface area contributed by atoms with E-state index in [-0.39, 0.29) is 23.6 Å². The van der Waals surface area contributed by atoms with Gasteiger partial charge in [-0.05, 0) is 17.7 Å². The number of nitrogen functional groups attached to an aromatic ring is 1. The van der Waals surface area contributed by atoms with E-state index in [1.54, 1.807) is 7.05 Å². The SMILES string of the molecule is Cn1nc(N)c2ncnc(C(=O)NCc3ccnc(C(F)(F)F)c3)c21. The molecule has 130 valence electrons. The van der Waals surface area contributed by atoms with Crippen molar-refractivity contribution in [2.75, 3.05) is 5.73 Å². The Hall–Kier alpha value is -3.24. The molecule has 25 heavy (non-hydrogen) atoms. The van der Waals surface area contributed by atoms with Crippen molar-refractivity contribution in [1.82, 2.24) is 30.0 Å². The van der Waals surface area contributed by atoms with Gasteiger partial charge in [-0.1, -0.05) is 0 Å². The molecule has 0 fully saturated rings. The summed E-state index contributed by atoms with van der Waals surface area (Å²) in [6.07, 6.45) is -2.34. The monoisotopic (exact) mass is 351 g/mol. The molecule has 0 aliphatic carbocycles. The Balaban J connectivity index is 1.82. The van der Waals surface area contributed by atoms with Crippen molar-refractivity contribution >= 4 is 22.8 Å². The second-order valence-electron chi connectivity index (χ2n) is 5.16. The van der Waals surface area contributed by atoms with Crippen LogP contribution in [0.2, 0.25) is 0 Å².